The molecule has 202 valence electrons. The van der Waals surface area contributed by atoms with E-state index in [4.69, 9.17) is 4.74 Å². The minimum atomic E-state index is -4.43. The molecule has 2 saturated heterocycles. The van der Waals surface area contributed by atoms with Crippen molar-refractivity contribution in [1.82, 2.24) is 15.1 Å². The average molecular weight is 520 g/mol. The Labute approximate surface area is 216 Å². The first-order valence-electron chi connectivity index (χ1n) is 13.0. The van der Waals surface area contributed by atoms with Crippen LogP contribution in [-0.2, 0) is 17.5 Å². The van der Waals surface area contributed by atoms with Gasteiger partial charge in [-0.15, -0.1) is 0 Å². The first-order valence-corrected chi connectivity index (χ1v) is 13.0. The molecule has 2 aliphatic rings. The number of nitrogens with zero attached hydrogens (tertiary/aromatic N) is 2. The standard InChI is InChI=1S/C28H36F3N3O3/c1-2-34-12-4-6-24(34)15-32-27(36)22-13-21(17-33(18-22)16-20-8-10-25(35)11-9-20)19-37-26-7-3-5-23(14-26)28(29,30)31/h3,5,7-11,14,21-22,24,35H,2,4,6,12-13,15-19H2,1H3,(H,32,36)/t21-,22+,24?/m0/s1. The van der Waals surface area contributed by atoms with Gasteiger partial charge in [-0.2, -0.15) is 13.2 Å². The second kappa shape index (κ2) is 12.2. The number of ether oxygens (including phenoxy) is 1. The molecule has 0 spiro atoms. The van der Waals surface area contributed by atoms with Crippen LogP contribution in [0, 0.1) is 11.8 Å². The van der Waals surface area contributed by atoms with Crippen LogP contribution in [0.3, 0.4) is 0 Å². The third-order valence-corrected chi connectivity index (χ3v) is 7.39. The van der Waals surface area contributed by atoms with E-state index < -0.39 is 11.7 Å². The third-order valence-electron chi connectivity index (χ3n) is 7.39. The highest BCUT2D eigenvalue weighted by Gasteiger charge is 2.34. The minimum Gasteiger partial charge on any atom is -0.508 e. The predicted octanol–water partition coefficient (Wildman–Crippen LogP) is 4.53. The SMILES string of the molecule is CCN1CCCC1CNC(=O)[C@@H]1C[C@H](COc2cccc(C(F)(F)F)c2)CN(Cc2ccc(O)cc2)C1. The van der Waals surface area contributed by atoms with E-state index in [9.17, 15) is 23.1 Å². The summed E-state index contributed by atoms with van der Waals surface area (Å²) in [5, 5.41) is 12.8. The van der Waals surface area contributed by atoms with Crippen molar-refractivity contribution < 1.29 is 27.8 Å². The van der Waals surface area contributed by atoms with Crippen molar-refractivity contribution >= 4 is 5.91 Å². The number of aromatic hydroxyl groups is 1. The number of piperidine rings is 1. The van der Waals surface area contributed by atoms with E-state index in [1.54, 1.807) is 12.1 Å². The number of phenols is 1. The summed E-state index contributed by atoms with van der Waals surface area (Å²) in [7, 11) is 0. The summed E-state index contributed by atoms with van der Waals surface area (Å²) < 4.78 is 45.1. The van der Waals surface area contributed by atoms with E-state index in [0.717, 1.165) is 43.6 Å². The monoisotopic (exact) mass is 519 g/mol. The Balaban J connectivity index is 1.40. The Morgan fingerprint density at radius 3 is 2.68 bits per heavy atom. The molecule has 37 heavy (non-hydrogen) atoms. The second-order valence-electron chi connectivity index (χ2n) is 10.2. The van der Waals surface area contributed by atoms with Crippen LogP contribution < -0.4 is 10.1 Å². The van der Waals surface area contributed by atoms with Crippen molar-refractivity contribution in [3.8, 4) is 11.5 Å². The van der Waals surface area contributed by atoms with Gasteiger partial charge < -0.3 is 15.2 Å². The molecule has 1 unspecified atom stereocenters. The fourth-order valence-electron chi connectivity index (χ4n) is 5.48. The average Bonchev–Trinajstić information content (AvgIpc) is 3.34. The number of phenolic OH excluding ortho intramolecular Hbond substituents is 1. The maximum atomic E-state index is 13.2. The van der Waals surface area contributed by atoms with Crippen molar-refractivity contribution in [1.29, 1.82) is 0 Å². The molecule has 0 aliphatic carbocycles. The van der Waals surface area contributed by atoms with Crippen LogP contribution in [0.4, 0.5) is 13.2 Å². The number of hydrogen-bond acceptors (Lipinski definition) is 5. The van der Waals surface area contributed by atoms with Crippen LogP contribution in [-0.4, -0.2) is 66.2 Å². The van der Waals surface area contributed by atoms with Crippen molar-refractivity contribution in [3.05, 3.63) is 59.7 Å². The number of likely N-dealkylation sites (N-methyl/N-ethyl adjacent to an activating group) is 1. The number of alkyl halides is 3. The van der Waals surface area contributed by atoms with Gasteiger partial charge in [-0.3, -0.25) is 14.6 Å². The quantitative estimate of drug-likeness (QED) is 0.510. The molecule has 2 aromatic carbocycles. The van der Waals surface area contributed by atoms with Crippen molar-refractivity contribution in [2.24, 2.45) is 11.8 Å². The van der Waals surface area contributed by atoms with Crippen LogP contribution in [0.25, 0.3) is 0 Å². The van der Waals surface area contributed by atoms with Gasteiger partial charge in [0.15, 0.2) is 0 Å². The number of benzene rings is 2. The van der Waals surface area contributed by atoms with Crippen molar-refractivity contribution in [3.63, 3.8) is 0 Å². The molecule has 4 rings (SSSR count). The fraction of sp³-hybridized carbons (Fsp3) is 0.536. The summed E-state index contributed by atoms with van der Waals surface area (Å²) in [5.74, 6) is 0.127. The number of rotatable bonds is 9. The Bertz CT molecular complexity index is 1030. The van der Waals surface area contributed by atoms with Gasteiger partial charge in [0.2, 0.25) is 5.91 Å². The van der Waals surface area contributed by atoms with Gasteiger partial charge in [-0.1, -0.05) is 25.1 Å². The van der Waals surface area contributed by atoms with Gasteiger partial charge >= 0.3 is 6.18 Å². The van der Waals surface area contributed by atoms with Crippen molar-refractivity contribution in [2.45, 2.75) is 44.9 Å². The summed E-state index contributed by atoms with van der Waals surface area (Å²) in [5.41, 5.74) is 0.272. The lowest BCUT2D eigenvalue weighted by molar-refractivity contribution is -0.137. The van der Waals surface area contributed by atoms with Gasteiger partial charge in [0, 0.05) is 38.1 Å². The molecule has 2 aromatic rings. The molecular formula is C28H36F3N3O3. The molecular weight excluding hydrogens is 483 g/mol. The lowest BCUT2D eigenvalue weighted by atomic mass is 9.88. The van der Waals surface area contributed by atoms with E-state index in [0.29, 0.717) is 38.6 Å². The molecule has 9 heteroatoms. The molecule has 3 atom stereocenters. The van der Waals surface area contributed by atoms with E-state index in [1.165, 1.54) is 12.1 Å². The lowest BCUT2D eigenvalue weighted by Crippen LogP contribution is -2.49. The Hall–Kier alpha value is -2.78. The highest BCUT2D eigenvalue weighted by atomic mass is 19.4. The minimum absolute atomic E-state index is 0.0161. The second-order valence-corrected chi connectivity index (χ2v) is 10.2. The molecule has 2 N–H and O–H groups in total. The van der Waals surface area contributed by atoms with E-state index in [-0.39, 0.29) is 35.8 Å². The first-order chi connectivity index (χ1) is 17.7. The molecule has 2 aliphatic heterocycles. The summed E-state index contributed by atoms with van der Waals surface area (Å²) in [6.45, 7) is 6.89. The molecule has 0 saturated carbocycles. The summed E-state index contributed by atoms with van der Waals surface area (Å²) in [4.78, 5) is 17.8. The summed E-state index contributed by atoms with van der Waals surface area (Å²) >= 11 is 0. The first kappa shape index (κ1) is 27.3. The highest BCUT2D eigenvalue weighted by molar-refractivity contribution is 5.79. The molecule has 6 nitrogen and oxygen atoms in total. The number of nitrogens with one attached hydrogen (secondary N) is 1. The Morgan fingerprint density at radius 2 is 1.95 bits per heavy atom. The highest BCUT2D eigenvalue weighted by Crippen LogP contribution is 2.32. The Morgan fingerprint density at radius 1 is 1.16 bits per heavy atom. The zero-order valence-corrected chi connectivity index (χ0v) is 21.2. The molecule has 2 heterocycles. The van der Waals surface area contributed by atoms with Crippen LogP contribution >= 0.6 is 0 Å². The van der Waals surface area contributed by atoms with Gasteiger partial charge in [0.1, 0.15) is 11.5 Å². The lowest BCUT2D eigenvalue weighted by Gasteiger charge is -2.37. The van der Waals surface area contributed by atoms with E-state index in [2.05, 4.69) is 22.0 Å². The topological polar surface area (TPSA) is 65.0 Å². The van der Waals surface area contributed by atoms with Gasteiger partial charge in [0.05, 0.1) is 18.1 Å². The third kappa shape index (κ3) is 7.61. The Kier molecular flexibility index (Phi) is 8.97. The van der Waals surface area contributed by atoms with Gasteiger partial charge in [0.25, 0.3) is 0 Å². The zero-order valence-electron chi connectivity index (χ0n) is 21.2. The largest absolute Gasteiger partial charge is 0.508 e. The zero-order chi connectivity index (χ0) is 26.4. The molecule has 0 radical (unpaired) electrons. The maximum absolute atomic E-state index is 13.2. The molecule has 2 fully saturated rings. The van der Waals surface area contributed by atoms with Crippen molar-refractivity contribution in [2.75, 3.05) is 39.3 Å². The number of hydrogen-bond donors (Lipinski definition) is 2. The van der Waals surface area contributed by atoms with E-state index in [1.807, 2.05) is 12.1 Å². The number of carbonyl (C=O) groups is 1. The number of likely N-dealkylation sites (tertiary alicyclic amines) is 2. The summed E-state index contributed by atoms with van der Waals surface area (Å²) in [6, 6.07) is 12.3. The van der Waals surface area contributed by atoms with Crippen LogP contribution in [0.15, 0.2) is 48.5 Å². The number of halogens is 3. The fourth-order valence-corrected chi connectivity index (χ4v) is 5.48. The molecule has 0 bridgehead atoms. The number of amides is 1. The molecule has 1 amide bonds. The van der Waals surface area contributed by atoms with Crippen LogP contribution in [0.5, 0.6) is 11.5 Å². The normalized spacial score (nSPS) is 23.2. The summed E-state index contributed by atoms with van der Waals surface area (Å²) in [6.07, 6.45) is -1.59. The van der Waals surface area contributed by atoms with E-state index >= 15 is 0 Å². The van der Waals surface area contributed by atoms with Crippen LogP contribution in [0.2, 0.25) is 0 Å². The predicted molar refractivity (Wildman–Crippen MR) is 135 cm³/mol. The smallest absolute Gasteiger partial charge is 0.416 e. The van der Waals surface area contributed by atoms with Gasteiger partial charge in [-0.05, 0) is 68.2 Å². The van der Waals surface area contributed by atoms with Gasteiger partial charge in [-0.25, -0.2) is 0 Å². The number of carbonyl (C=O) groups excluding carboxylic acids is 1. The maximum Gasteiger partial charge on any atom is 0.416 e. The molecule has 0 aromatic heterocycles. The van der Waals surface area contributed by atoms with Crippen LogP contribution in [0.1, 0.15) is 37.3 Å².